The largest absolute Gasteiger partial charge is 0.490 e. The average Bonchev–Trinajstić information content (AvgIpc) is 2.77. The number of nitrogens with zero attached hydrogens (tertiary/aromatic N) is 1. The first-order valence-corrected chi connectivity index (χ1v) is 10.9. The smallest absolute Gasteiger partial charge is 0.255 e. The minimum atomic E-state index is -0.285. The van der Waals surface area contributed by atoms with Crippen molar-refractivity contribution in [3.05, 3.63) is 42.0 Å². The second-order valence-electron chi connectivity index (χ2n) is 7.10. The molecular formula is C24H30N2O5. The van der Waals surface area contributed by atoms with E-state index in [1.807, 2.05) is 32.9 Å². The quantitative estimate of drug-likeness (QED) is 0.631. The summed E-state index contributed by atoms with van der Waals surface area (Å²) >= 11 is 0. The summed E-state index contributed by atoms with van der Waals surface area (Å²) in [7, 11) is 0. The Morgan fingerprint density at radius 3 is 2.10 bits per heavy atom. The van der Waals surface area contributed by atoms with Gasteiger partial charge in [0.2, 0.25) is 11.7 Å². The van der Waals surface area contributed by atoms with E-state index < -0.39 is 0 Å². The van der Waals surface area contributed by atoms with Crippen molar-refractivity contribution in [2.75, 3.05) is 36.6 Å². The van der Waals surface area contributed by atoms with Crippen LogP contribution in [0.3, 0.4) is 0 Å². The Morgan fingerprint density at radius 2 is 1.55 bits per heavy atom. The third kappa shape index (κ3) is 5.48. The summed E-state index contributed by atoms with van der Waals surface area (Å²) in [4.78, 5) is 26.8. The van der Waals surface area contributed by atoms with E-state index >= 15 is 0 Å². The molecule has 31 heavy (non-hydrogen) atoms. The molecule has 3 rings (SSSR count). The van der Waals surface area contributed by atoms with Gasteiger partial charge in [0.1, 0.15) is 0 Å². The molecule has 0 spiro atoms. The Morgan fingerprint density at radius 1 is 0.935 bits per heavy atom. The van der Waals surface area contributed by atoms with Gasteiger partial charge in [-0.25, -0.2) is 0 Å². The Hall–Kier alpha value is -3.22. The monoisotopic (exact) mass is 426 g/mol. The lowest BCUT2D eigenvalue weighted by Gasteiger charge is -2.26. The first-order valence-electron chi connectivity index (χ1n) is 10.9. The van der Waals surface area contributed by atoms with Gasteiger partial charge < -0.3 is 24.4 Å². The topological polar surface area (TPSA) is 77.1 Å². The Balaban J connectivity index is 1.79. The van der Waals surface area contributed by atoms with Gasteiger partial charge in [0.05, 0.1) is 19.8 Å². The number of piperidine rings is 1. The second-order valence-corrected chi connectivity index (χ2v) is 7.10. The van der Waals surface area contributed by atoms with Crippen molar-refractivity contribution in [3.8, 4) is 17.2 Å². The van der Waals surface area contributed by atoms with E-state index in [1.165, 1.54) is 0 Å². The van der Waals surface area contributed by atoms with Crippen molar-refractivity contribution in [1.29, 1.82) is 0 Å². The van der Waals surface area contributed by atoms with Gasteiger partial charge in [0.15, 0.2) is 11.5 Å². The third-order valence-corrected chi connectivity index (χ3v) is 4.93. The molecule has 1 heterocycles. The molecule has 7 heteroatoms. The SMILES string of the molecule is CCOc1cc(C(=O)Nc2ccc(N3CCCCC3=O)cc2)cc(OCC)c1OCC. The van der Waals surface area contributed by atoms with E-state index in [2.05, 4.69) is 5.32 Å². The fourth-order valence-corrected chi connectivity index (χ4v) is 3.53. The van der Waals surface area contributed by atoms with E-state index in [-0.39, 0.29) is 11.8 Å². The van der Waals surface area contributed by atoms with Gasteiger partial charge in [-0.15, -0.1) is 0 Å². The molecule has 0 aromatic heterocycles. The molecule has 0 radical (unpaired) electrons. The van der Waals surface area contributed by atoms with Crippen LogP contribution in [-0.2, 0) is 4.79 Å². The van der Waals surface area contributed by atoms with Gasteiger partial charge in [-0.05, 0) is 70.0 Å². The van der Waals surface area contributed by atoms with Crippen LogP contribution in [0.4, 0.5) is 11.4 Å². The normalized spacial score (nSPS) is 13.6. The molecule has 2 amide bonds. The molecule has 0 atom stereocenters. The predicted octanol–water partition coefficient (Wildman–Crippen LogP) is 4.65. The molecule has 2 aromatic carbocycles. The van der Waals surface area contributed by atoms with Crippen molar-refractivity contribution < 1.29 is 23.8 Å². The van der Waals surface area contributed by atoms with Crippen LogP contribution in [0.5, 0.6) is 17.2 Å². The number of amides is 2. The first-order chi connectivity index (χ1) is 15.1. The van der Waals surface area contributed by atoms with Crippen LogP contribution in [0.2, 0.25) is 0 Å². The maximum atomic E-state index is 12.9. The highest BCUT2D eigenvalue weighted by molar-refractivity contribution is 6.05. The fraction of sp³-hybridized carbons (Fsp3) is 0.417. The summed E-state index contributed by atoms with van der Waals surface area (Å²) in [6.07, 6.45) is 2.53. The minimum Gasteiger partial charge on any atom is -0.490 e. The van der Waals surface area contributed by atoms with Crippen molar-refractivity contribution in [2.24, 2.45) is 0 Å². The van der Waals surface area contributed by atoms with E-state index in [0.717, 1.165) is 25.1 Å². The lowest BCUT2D eigenvalue weighted by atomic mass is 10.1. The van der Waals surface area contributed by atoms with E-state index in [0.29, 0.717) is 54.7 Å². The summed E-state index contributed by atoms with van der Waals surface area (Å²) in [6.45, 7) is 7.69. The van der Waals surface area contributed by atoms with Gasteiger partial charge >= 0.3 is 0 Å². The summed E-state index contributed by atoms with van der Waals surface area (Å²) < 4.78 is 17.1. The maximum Gasteiger partial charge on any atom is 0.255 e. The van der Waals surface area contributed by atoms with Gasteiger partial charge in [-0.1, -0.05) is 0 Å². The Labute approximate surface area is 183 Å². The van der Waals surface area contributed by atoms with Crippen LogP contribution in [0.25, 0.3) is 0 Å². The molecule has 0 bridgehead atoms. The molecule has 1 saturated heterocycles. The highest BCUT2D eigenvalue weighted by atomic mass is 16.5. The molecule has 0 saturated carbocycles. The van der Waals surface area contributed by atoms with Crippen LogP contribution < -0.4 is 24.4 Å². The van der Waals surface area contributed by atoms with Crippen molar-refractivity contribution >= 4 is 23.2 Å². The van der Waals surface area contributed by atoms with E-state index in [4.69, 9.17) is 14.2 Å². The predicted molar refractivity (Wildman–Crippen MR) is 121 cm³/mol. The lowest BCUT2D eigenvalue weighted by molar-refractivity contribution is -0.119. The van der Waals surface area contributed by atoms with Crippen molar-refractivity contribution in [2.45, 2.75) is 40.0 Å². The van der Waals surface area contributed by atoms with Gasteiger partial charge in [0, 0.05) is 29.9 Å². The van der Waals surface area contributed by atoms with E-state index in [9.17, 15) is 9.59 Å². The molecule has 0 unspecified atom stereocenters. The van der Waals surface area contributed by atoms with Crippen LogP contribution in [0.15, 0.2) is 36.4 Å². The fourth-order valence-electron chi connectivity index (χ4n) is 3.53. The van der Waals surface area contributed by atoms with Gasteiger partial charge in [0.25, 0.3) is 5.91 Å². The maximum absolute atomic E-state index is 12.9. The minimum absolute atomic E-state index is 0.143. The molecule has 2 aromatic rings. The molecule has 166 valence electrons. The second kappa shape index (κ2) is 10.7. The van der Waals surface area contributed by atoms with Crippen LogP contribution in [0, 0.1) is 0 Å². The third-order valence-electron chi connectivity index (χ3n) is 4.93. The summed E-state index contributed by atoms with van der Waals surface area (Å²) in [5.74, 6) is 1.30. The number of rotatable bonds is 9. The number of nitrogens with one attached hydrogen (secondary N) is 1. The average molecular weight is 427 g/mol. The standard InChI is InChI=1S/C24H30N2O5/c1-4-29-20-15-17(16-21(30-5-2)23(20)31-6-3)24(28)25-18-10-12-19(13-11-18)26-14-8-7-9-22(26)27/h10-13,15-16H,4-9,14H2,1-3H3,(H,25,28). The van der Waals surface area contributed by atoms with Gasteiger partial charge in [-0.2, -0.15) is 0 Å². The summed E-state index contributed by atoms with van der Waals surface area (Å²) in [6, 6.07) is 10.6. The van der Waals surface area contributed by atoms with Crippen LogP contribution >= 0.6 is 0 Å². The van der Waals surface area contributed by atoms with Crippen LogP contribution in [-0.4, -0.2) is 38.2 Å². The number of carbonyl (C=O) groups excluding carboxylic acids is 2. The van der Waals surface area contributed by atoms with Crippen LogP contribution in [0.1, 0.15) is 50.4 Å². The highest BCUT2D eigenvalue weighted by Crippen LogP contribution is 2.39. The molecule has 1 N–H and O–H groups in total. The highest BCUT2D eigenvalue weighted by Gasteiger charge is 2.20. The number of ether oxygens (including phenoxy) is 3. The zero-order chi connectivity index (χ0) is 22.2. The molecule has 7 nitrogen and oxygen atoms in total. The zero-order valence-corrected chi connectivity index (χ0v) is 18.4. The molecule has 1 aliphatic heterocycles. The van der Waals surface area contributed by atoms with E-state index in [1.54, 1.807) is 29.2 Å². The molecule has 1 aliphatic rings. The number of anilines is 2. The van der Waals surface area contributed by atoms with Crippen molar-refractivity contribution in [1.82, 2.24) is 0 Å². The number of carbonyl (C=O) groups is 2. The Bertz CT molecular complexity index is 884. The molecule has 1 fully saturated rings. The molecular weight excluding hydrogens is 396 g/mol. The Kier molecular flexibility index (Phi) is 7.76. The lowest BCUT2D eigenvalue weighted by Crippen LogP contribution is -2.35. The molecule has 0 aliphatic carbocycles. The van der Waals surface area contributed by atoms with Crippen molar-refractivity contribution in [3.63, 3.8) is 0 Å². The summed E-state index contributed by atoms with van der Waals surface area (Å²) in [5, 5.41) is 2.90. The zero-order valence-electron chi connectivity index (χ0n) is 18.4. The van der Waals surface area contributed by atoms with Gasteiger partial charge in [-0.3, -0.25) is 9.59 Å². The number of benzene rings is 2. The number of hydrogen-bond acceptors (Lipinski definition) is 5. The summed E-state index contributed by atoms with van der Waals surface area (Å²) in [5.41, 5.74) is 1.90. The number of hydrogen-bond donors (Lipinski definition) is 1. The first kappa shape index (κ1) is 22.5.